The molecule has 7 heteroatoms. The minimum absolute atomic E-state index is 0.0596. The van der Waals surface area contributed by atoms with Gasteiger partial charge in [-0.05, 0) is 25.0 Å². The molecule has 0 spiro atoms. The van der Waals surface area contributed by atoms with E-state index in [-0.39, 0.29) is 4.75 Å². The van der Waals surface area contributed by atoms with Crippen LogP contribution in [-0.4, -0.2) is 49.9 Å². The zero-order valence-corrected chi connectivity index (χ0v) is 13.1. The van der Waals surface area contributed by atoms with Crippen LogP contribution in [0.4, 0.5) is 0 Å². The number of piperidine rings is 1. The molecular formula is C11H25N3O2S2. The maximum Gasteiger partial charge on any atom is 0.279 e. The molecule has 0 radical (unpaired) electrons. The Hall–Kier alpha value is 0.180. The second-order valence-corrected chi connectivity index (χ2v) is 8.27. The van der Waals surface area contributed by atoms with Crippen molar-refractivity contribution >= 4 is 22.0 Å². The van der Waals surface area contributed by atoms with Gasteiger partial charge in [0.25, 0.3) is 10.2 Å². The highest BCUT2D eigenvalue weighted by molar-refractivity contribution is 8.00. The summed E-state index contributed by atoms with van der Waals surface area (Å²) in [5, 5.41) is 0. The molecule has 1 rings (SSSR count). The number of nitrogens with one attached hydrogen (secondary N) is 1. The summed E-state index contributed by atoms with van der Waals surface area (Å²) in [6.45, 7) is 6.21. The zero-order chi connectivity index (χ0) is 13.8. The Morgan fingerprint density at radius 2 is 1.94 bits per heavy atom. The van der Waals surface area contributed by atoms with Gasteiger partial charge in [-0.15, -0.1) is 0 Å². The Labute approximate surface area is 115 Å². The van der Waals surface area contributed by atoms with E-state index in [1.54, 1.807) is 16.1 Å². The Morgan fingerprint density at radius 1 is 1.39 bits per heavy atom. The molecule has 1 saturated heterocycles. The summed E-state index contributed by atoms with van der Waals surface area (Å²) in [6, 6.07) is 0. The van der Waals surface area contributed by atoms with Crippen molar-refractivity contribution in [3.63, 3.8) is 0 Å². The second kappa shape index (κ2) is 6.56. The van der Waals surface area contributed by atoms with Gasteiger partial charge in [-0.25, -0.2) is 4.72 Å². The molecule has 0 aromatic rings. The molecule has 0 bridgehead atoms. The van der Waals surface area contributed by atoms with Crippen LogP contribution in [0.25, 0.3) is 0 Å². The molecule has 0 atom stereocenters. The number of nitrogens with zero attached hydrogens (tertiary/aromatic N) is 1. The van der Waals surface area contributed by atoms with Crippen LogP contribution in [0, 0.1) is 5.92 Å². The van der Waals surface area contributed by atoms with E-state index in [0.29, 0.717) is 32.1 Å². The van der Waals surface area contributed by atoms with E-state index >= 15 is 0 Å². The van der Waals surface area contributed by atoms with Crippen LogP contribution in [0.2, 0.25) is 0 Å². The predicted molar refractivity (Wildman–Crippen MR) is 77.9 cm³/mol. The highest BCUT2D eigenvalue weighted by Crippen LogP contribution is 2.33. The van der Waals surface area contributed by atoms with E-state index in [9.17, 15) is 8.42 Å². The summed E-state index contributed by atoms with van der Waals surface area (Å²) in [5.41, 5.74) is 5.80. The van der Waals surface area contributed by atoms with Gasteiger partial charge < -0.3 is 5.73 Å². The van der Waals surface area contributed by atoms with Gasteiger partial charge in [-0.1, -0.05) is 13.8 Å². The van der Waals surface area contributed by atoms with Crippen LogP contribution in [0.15, 0.2) is 0 Å². The van der Waals surface area contributed by atoms with Crippen molar-refractivity contribution in [2.24, 2.45) is 11.7 Å². The highest BCUT2D eigenvalue weighted by atomic mass is 32.2. The molecule has 0 aromatic carbocycles. The molecule has 108 valence electrons. The van der Waals surface area contributed by atoms with E-state index in [0.717, 1.165) is 12.8 Å². The van der Waals surface area contributed by atoms with Gasteiger partial charge in [0.2, 0.25) is 0 Å². The van der Waals surface area contributed by atoms with Crippen molar-refractivity contribution in [1.29, 1.82) is 0 Å². The molecular weight excluding hydrogens is 270 g/mol. The van der Waals surface area contributed by atoms with Crippen LogP contribution < -0.4 is 10.5 Å². The van der Waals surface area contributed by atoms with Crippen LogP contribution >= 0.6 is 11.8 Å². The van der Waals surface area contributed by atoms with Crippen LogP contribution in [0.5, 0.6) is 0 Å². The summed E-state index contributed by atoms with van der Waals surface area (Å²) in [7, 11) is -3.31. The minimum Gasteiger partial charge on any atom is -0.329 e. The molecule has 3 N–H and O–H groups in total. The van der Waals surface area contributed by atoms with Gasteiger partial charge in [0.05, 0.1) is 0 Å². The maximum absolute atomic E-state index is 12.1. The fraction of sp³-hybridized carbons (Fsp3) is 1.00. The summed E-state index contributed by atoms with van der Waals surface area (Å²) in [4.78, 5) is 0. The summed E-state index contributed by atoms with van der Waals surface area (Å²) < 4.78 is 28.4. The maximum atomic E-state index is 12.1. The lowest BCUT2D eigenvalue weighted by molar-refractivity contribution is 0.297. The quantitative estimate of drug-likeness (QED) is 0.754. The van der Waals surface area contributed by atoms with Crippen LogP contribution in [0.1, 0.15) is 26.7 Å². The molecule has 0 aromatic heterocycles. The first kappa shape index (κ1) is 16.2. The van der Waals surface area contributed by atoms with E-state index < -0.39 is 10.2 Å². The van der Waals surface area contributed by atoms with Crippen molar-refractivity contribution in [1.82, 2.24) is 9.03 Å². The molecule has 5 nitrogen and oxygen atoms in total. The molecule has 1 aliphatic rings. The van der Waals surface area contributed by atoms with E-state index in [2.05, 4.69) is 4.72 Å². The molecule has 0 unspecified atom stereocenters. The molecule has 1 heterocycles. The fourth-order valence-corrected chi connectivity index (χ4v) is 4.14. The third-order valence-electron chi connectivity index (χ3n) is 3.45. The van der Waals surface area contributed by atoms with Gasteiger partial charge in [-0.2, -0.15) is 24.5 Å². The normalized spacial score (nSPS) is 21.4. The number of hydrogen-bond acceptors (Lipinski definition) is 4. The van der Waals surface area contributed by atoms with Crippen molar-refractivity contribution in [3.8, 4) is 0 Å². The first-order chi connectivity index (χ1) is 8.35. The van der Waals surface area contributed by atoms with Gasteiger partial charge in [-0.3, -0.25) is 0 Å². The van der Waals surface area contributed by atoms with Gasteiger partial charge in [0.1, 0.15) is 0 Å². The van der Waals surface area contributed by atoms with Gasteiger partial charge >= 0.3 is 0 Å². The molecule has 18 heavy (non-hydrogen) atoms. The van der Waals surface area contributed by atoms with Crippen LogP contribution in [0.3, 0.4) is 0 Å². The summed E-state index contributed by atoms with van der Waals surface area (Å²) in [5.74, 6) is 0.318. The lowest BCUT2D eigenvalue weighted by Crippen LogP contribution is -2.51. The van der Waals surface area contributed by atoms with Crippen molar-refractivity contribution in [2.75, 3.05) is 32.4 Å². The largest absolute Gasteiger partial charge is 0.329 e. The zero-order valence-electron chi connectivity index (χ0n) is 11.5. The molecule has 0 aliphatic carbocycles. The fourth-order valence-electron chi connectivity index (χ4n) is 1.99. The third-order valence-corrected chi connectivity index (χ3v) is 6.47. The Bertz CT molecular complexity index is 343. The second-order valence-electron chi connectivity index (χ2n) is 5.24. The van der Waals surface area contributed by atoms with Gasteiger partial charge in [0, 0.05) is 30.9 Å². The molecule has 0 saturated carbocycles. The number of nitrogens with two attached hydrogens (primary N) is 1. The minimum atomic E-state index is -3.31. The van der Waals surface area contributed by atoms with Crippen molar-refractivity contribution in [3.05, 3.63) is 0 Å². The van der Waals surface area contributed by atoms with Crippen molar-refractivity contribution in [2.45, 2.75) is 31.4 Å². The number of rotatable bonds is 6. The first-order valence-electron chi connectivity index (χ1n) is 6.35. The Morgan fingerprint density at radius 3 is 2.33 bits per heavy atom. The monoisotopic (exact) mass is 295 g/mol. The standard InChI is InChI=1S/C11H25N3O2S2/c1-10(2)8-13-18(15,16)14-6-4-11(9-12,17-3)5-7-14/h10,13H,4-9,12H2,1-3H3. The molecule has 0 amide bonds. The molecule has 1 fully saturated rings. The van der Waals surface area contributed by atoms with E-state index in [1.807, 2.05) is 20.1 Å². The van der Waals surface area contributed by atoms with Crippen LogP contribution in [-0.2, 0) is 10.2 Å². The first-order valence-corrected chi connectivity index (χ1v) is 9.02. The average Bonchev–Trinajstić information content (AvgIpc) is 2.36. The van der Waals surface area contributed by atoms with Gasteiger partial charge in [0.15, 0.2) is 0 Å². The average molecular weight is 295 g/mol. The number of thioether (sulfide) groups is 1. The van der Waals surface area contributed by atoms with E-state index in [4.69, 9.17) is 5.73 Å². The topological polar surface area (TPSA) is 75.4 Å². The SMILES string of the molecule is CSC1(CN)CCN(S(=O)(=O)NCC(C)C)CC1. The summed E-state index contributed by atoms with van der Waals surface area (Å²) >= 11 is 1.76. The summed E-state index contributed by atoms with van der Waals surface area (Å²) in [6.07, 6.45) is 3.70. The Balaban J connectivity index is 2.56. The highest BCUT2D eigenvalue weighted by Gasteiger charge is 2.36. The van der Waals surface area contributed by atoms with Crippen molar-refractivity contribution < 1.29 is 8.42 Å². The molecule has 1 aliphatic heterocycles. The smallest absolute Gasteiger partial charge is 0.279 e. The number of hydrogen-bond donors (Lipinski definition) is 2. The lowest BCUT2D eigenvalue weighted by atomic mass is 9.97. The lowest BCUT2D eigenvalue weighted by Gasteiger charge is -2.39. The van der Waals surface area contributed by atoms with E-state index in [1.165, 1.54) is 0 Å². The Kier molecular flexibility index (Phi) is 5.92. The third kappa shape index (κ3) is 4.09. The predicted octanol–water partition coefficient (Wildman–Crippen LogP) is 0.633.